The summed E-state index contributed by atoms with van der Waals surface area (Å²) >= 11 is 2.31. The van der Waals surface area contributed by atoms with Crippen molar-refractivity contribution in [2.45, 2.75) is 27.0 Å². The zero-order valence-corrected chi connectivity index (χ0v) is 18.0. The topological polar surface area (TPSA) is 30.5 Å². The van der Waals surface area contributed by atoms with Crippen LogP contribution in [0, 0.1) is 17.4 Å². The molecule has 0 unspecified atom stereocenters. The normalized spacial score (nSPS) is 10.5. The number of rotatable bonds is 7. The Hall–Kier alpha value is -2.21. The highest BCUT2D eigenvalue weighted by Crippen LogP contribution is 2.35. The maximum absolute atomic E-state index is 6.07. The van der Waals surface area contributed by atoms with Gasteiger partial charge in [-0.2, -0.15) is 0 Å². The second-order valence-electron chi connectivity index (χ2n) is 6.55. The van der Waals surface area contributed by atoms with Crippen molar-refractivity contribution in [1.82, 2.24) is 0 Å². The van der Waals surface area contributed by atoms with Gasteiger partial charge in [0.25, 0.3) is 0 Å². The summed E-state index contributed by atoms with van der Waals surface area (Å²) in [6.45, 7) is 5.44. The van der Waals surface area contributed by atoms with Crippen molar-refractivity contribution < 1.29 is 9.47 Å². The van der Waals surface area contributed by atoms with Gasteiger partial charge in [-0.15, -0.1) is 0 Å². The monoisotopic (exact) mass is 473 g/mol. The molecule has 3 rings (SSSR count). The van der Waals surface area contributed by atoms with E-state index in [9.17, 15) is 0 Å². The van der Waals surface area contributed by atoms with E-state index in [4.69, 9.17) is 9.47 Å². The predicted octanol–water partition coefficient (Wildman–Crippen LogP) is 6.11. The van der Waals surface area contributed by atoms with Gasteiger partial charge < -0.3 is 14.8 Å². The van der Waals surface area contributed by atoms with E-state index in [1.807, 2.05) is 18.2 Å². The van der Waals surface area contributed by atoms with Crippen molar-refractivity contribution in [1.29, 1.82) is 0 Å². The SMILES string of the molecule is COc1cc(CNc2ccccc2C)cc(I)c1OCc1ccc(C)cc1. The third-order valence-corrected chi connectivity index (χ3v) is 5.22. The first-order valence-corrected chi connectivity index (χ1v) is 9.99. The Morgan fingerprint density at radius 2 is 1.67 bits per heavy atom. The fourth-order valence-corrected chi connectivity index (χ4v) is 3.65. The second kappa shape index (κ2) is 9.13. The van der Waals surface area contributed by atoms with Crippen LogP contribution in [0.5, 0.6) is 11.5 Å². The third-order valence-electron chi connectivity index (χ3n) is 4.42. The van der Waals surface area contributed by atoms with Crippen molar-refractivity contribution in [3.63, 3.8) is 0 Å². The van der Waals surface area contributed by atoms with E-state index in [2.05, 4.69) is 84.2 Å². The summed E-state index contributed by atoms with van der Waals surface area (Å²) in [6, 6.07) is 20.9. The molecule has 140 valence electrons. The van der Waals surface area contributed by atoms with Crippen LogP contribution in [0.15, 0.2) is 60.7 Å². The highest BCUT2D eigenvalue weighted by molar-refractivity contribution is 14.1. The fraction of sp³-hybridized carbons (Fsp3) is 0.217. The van der Waals surface area contributed by atoms with Crippen molar-refractivity contribution >= 4 is 28.3 Å². The molecule has 0 saturated carbocycles. The van der Waals surface area contributed by atoms with E-state index in [-0.39, 0.29) is 0 Å². The van der Waals surface area contributed by atoms with Gasteiger partial charge in [-0.1, -0.05) is 48.0 Å². The van der Waals surface area contributed by atoms with Gasteiger partial charge in [-0.3, -0.25) is 0 Å². The number of benzene rings is 3. The first-order chi connectivity index (χ1) is 13.1. The van der Waals surface area contributed by atoms with E-state index < -0.39 is 0 Å². The predicted molar refractivity (Wildman–Crippen MR) is 120 cm³/mol. The summed E-state index contributed by atoms with van der Waals surface area (Å²) < 4.78 is 12.7. The van der Waals surface area contributed by atoms with Crippen LogP contribution in [-0.4, -0.2) is 7.11 Å². The Balaban J connectivity index is 1.72. The van der Waals surface area contributed by atoms with E-state index in [1.165, 1.54) is 11.1 Å². The molecule has 0 saturated heterocycles. The van der Waals surface area contributed by atoms with Crippen LogP contribution in [0.25, 0.3) is 0 Å². The van der Waals surface area contributed by atoms with Gasteiger partial charge in [-0.05, 0) is 71.3 Å². The molecule has 0 aromatic heterocycles. The number of nitrogens with one attached hydrogen (secondary N) is 1. The maximum Gasteiger partial charge on any atom is 0.174 e. The molecular formula is C23H24INO2. The Kier molecular flexibility index (Phi) is 6.61. The fourth-order valence-electron chi connectivity index (χ4n) is 2.82. The molecule has 4 heteroatoms. The molecule has 0 amide bonds. The Labute approximate surface area is 174 Å². The minimum absolute atomic E-state index is 0.521. The van der Waals surface area contributed by atoms with Crippen LogP contribution in [0.1, 0.15) is 22.3 Å². The number of para-hydroxylation sites is 1. The standard InChI is InChI=1S/C23H24INO2/c1-16-8-10-18(11-9-16)15-27-23-20(24)12-19(13-22(23)26-3)14-25-21-7-5-4-6-17(21)2/h4-13,25H,14-15H2,1-3H3. The van der Waals surface area contributed by atoms with Crippen molar-refractivity contribution in [2.75, 3.05) is 12.4 Å². The Morgan fingerprint density at radius 3 is 2.37 bits per heavy atom. The minimum Gasteiger partial charge on any atom is -0.493 e. The molecule has 3 aromatic carbocycles. The zero-order chi connectivity index (χ0) is 19.2. The summed E-state index contributed by atoms with van der Waals surface area (Å²) in [6.07, 6.45) is 0. The lowest BCUT2D eigenvalue weighted by molar-refractivity contribution is 0.282. The summed E-state index contributed by atoms with van der Waals surface area (Å²) in [5.41, 5.74) is 5.92. The quantitative estimate of drug-likeness (QED) is 0.421. The number of halogens is 1. The number of aryl methyl sites for hydroxylation is 2. The van der Waals surface area contributed by atoms with Crippen molar-refractivity contribution in [3.05, 3.63) is 86.5 Å². The highest BCUT2D eigenvalue weighted by atomic mass is 127. The van der Waals surface area contributed by atoms with Crippen LogP contribution in [-0.2, 0) is 13.2 Å². The molecule has 0 aliphatic heterocycles. The largest absolute Gasteiger partial charge is 0.493 e. The minimum atomic E-state index is 0.521. The molecule has 0 atom stereocenters. The van der Waals surface area contributed by atoms with Crippen LogP contribution in [0.4, 0.5) is 5.69 Å². The number of anilines is 1. The molecule has 0 heterocycles. The molecule has 27 heavy (non-hydrogen) atoms. The zero-order valence-electron chi connectivity index (χ0n) is 15.9. The van der Waals surface area contributed by atoms with Crippen LogP contribution < -0.4 is 14.8 Å². The van der Waals surface area contributed by atoms with E-state index in [0.29, 0.717) is 6.61 Å². The van der Waals surface area contributed by atoms with Gasteiger partial charge in [0.1, 0.15) is 6.61 Å². The Bertz CT molecular complexity index is 907. The van der Waals surface area contributed by atoms with Gasteiger partial charge in [0.2, 0.25) is 0 Å². The van der Waals surface area contributed by atoms with E-state index >= 15 is 0 Å². The molecule has 3 nitrogen and oxygen atoms in total. The van der Waals surface area contributed by atoms with E-state index in [1.54, 1.807) is 7.11 Å². The molecular weight excluding hydrogens is 449 g/mol. The van der Waals surface area contributed by atoms with E-state index in [0.717, 1.165) is 38.4 Å². The lowest BCUT2D eigenvalue weighted by Gasteiger charge is -2.16. The first-order valence-electron chi connectivity index (χ1n) is 8.91. The first kappa shape index (κ1) is 19.5. The average molecular weight is 473 g/mol. The lowest BCUT2D eigenvalue weighted by Crippen LogP contribution is -2.04. The van der Waals surface area contributed by atoms with Gasteiger partial charge in [-0.25, -0.2) is 0 Å². The van der Waals surface area contributed by atoms with Gasteiger partial charge >= 0.3 is 0 Å². The summed E-state index contributed by atoms with van der Waals surface area (Å²) in [5.74, 6) is 1.55. The summed E-state index contributed by atoms with van der Waals surface area (Å²) in [5, 5.41) is 3.49. The molecule has 0 bridgehead atoms. The van der Waals surface area contributed by atoms with Gasteiger partial charge in [0.15, 0.2) is 11.5 Å². The number of ether oxygens (including phenoxy) is 2. The van der Waals surface area contributed by atoms with Crippen molar-refractivity contribution in [3.8, 4) is 11.5 Å². The number of hydrogen-bond donors (Lipinski definition) is 1. The van der Waals surface area contributed by atoms with Gasteiger partial charge in [0.05, 0.1) is 10.7 Å². The average Bonchev–Trinajstić information content (AvgIpc) is 2.67. The molecule has 0 aliphatic carbocycles. The number of hydrogen-bond acceptors (Lipinski definition) is 3. The molecule has 0 radical (unpaired) electrons. The van der Waals surface area contributed by atoms with Crippen LogP contribution >= 0.6 is 22.6 Å². The summed E-state index contributed by atoms with van der Waals surface area (Å²) in [4.78, 5) is 0. The van der Waals surface area contributed by atoms with Crippen LogP contribution in [0.2, 0.25) is 0 Å². The Morgan fingerprint density at radius 1 is 0.926 bits per heavy atom. The van der Waals surface area contributed by atoms with Gasteiger partial charge in [0, 0.05) is 12.2 Å². The molecule has 0 aliphatic rings. The molecule has 0 spiro atoms. The molecule has 0 fully saturated rings. The third kappa shape index (κ3) is 5.16. The van der Waals surface area contributed by atoms with Crippen LogP contribution in [0.3, 0.4) is 0 Å². The highest BCUT2D eigenvalue weighted by Gasteiger charge is 2.12. The van der Waals surface area contributed by atoms with Crippen molar-refractivity contribution in [2.24, 2.45) is 0 Å². The molecule has 3 aromatic rings. The maximum atomic E-state index is 6.07. The second-order valence-corrected chi connectivity index (χ2v) is 7.71. The number of methoxy groups -OCH3 is 1. The smallest absolute Gasteiger partial charge is 0.174 e. The molecule has 1 N–H and O–H groups in total. The summed E-state index contributed by atoms with van der Waals surface area (Å²) in [7, 11) is 1.68. The lowest BCUT2D eigenvalue weighted by atomic mass is 10.1.